The number of anilines is 1. The topological polar surface area (TPSA) is 90.4 Å². The summed E-state index contributed by atoms with van der Waals surface area (Å²) in [5.74, 6) is 1.64. The molecule has 0 bridgehead atoms. The lowest BCUT2D eigenvalue weighted by Gasteiger charge is -2.10. The minimum Gasteiger partial charge on any atom is -0.497 e. The fourth-order valence-electron chi connectivity index (χ4n) is 2.10. The quantitative estimate of drug-likeness (QED) is 0.670. The van der Waals surface area contributed by atoms with E-state index in [0.717, 1.165) is 11.3 Å². The molecule has 1 amide bonds. The van der Waals surface area contributed by atoms with Gasteiger partial charge in [-0.1, -0.05) is 11.8 Å². The monoisotopic (exact) mass is 359 g/mol. The van der Waals surface area contributed by atoms with Gasteiger partial charge in [-0.15, -0.1) is 10.2 Å². The third-order valence-electron chi connectivity index (χ3n) is 3.50. The van der Waals surface area contributed by atoms with E-state index in [9.17, 15) is 4.79 Å². The predicted octanol–water partition coefficient (Wildman–Crippen LogP) is 3.77. The molecule has 1 atom stereocenters. The number of carbonyl (C=O) groups is 1. The highest BCUT2D eigenvalue weighted by Gasteiger charge is 2.20. The molecule has 25 heavy (non-hydrogen) atoms. The van der Waals surface area contributed by atoms with E-state index in [1.165, 1.54) is 11.8 Å². The van der Waals surface area contributed by atoms with Gasteiger partial charge in [-0.3, -0.25) is 4.79 Å². The fraction of sp³-hybridized carbons (Fsp3) is 0.235. The molecular weight excluding hydrogens is 342 g/mol. The molecule has 0 radical (unpaired) electrons. The molecule has 0 fully saturated rings. The molecule has 1 aromatic carbocycles. The molecule has 8 heteroatoms. The first-order chi connectivity index (χ1) is 12.1. The molecule has 2 aromatic heterocycles. The molecule has 7 nitrogen and oxygen atoms in total. The molecule has 0 spiro atoms. The van der Waals surface area contributed by atoms with Crippen molar-refractivity contribution in [1.82, 2.24) is 10.2 Å². The van der Waals surface area contributed by atoms with E-state index in [4.69, 9.17) is 13.6 Å². The van der Waals surface area contributed by atoms with E-state index in [1.807, 2.05) is 6.92 Å². The van der Waals surface area contributed by atoms with E-state index in [-0.39, 0.29) is 5.91 Å². The van der Waals surface area contributed by atoms with Gasteiger partial charge in [0.1, 0.15) is 11.5 Å². The highest BCUT2D eigenvalue weighted by molar-refractivity contribution is 8.00. The first kappa shape index (κ1) is 17.1. The Labute approximate surface area is 148 Å². The number of thioether (sulfide) groups is 1. The molecule has 1 N–H and O–H groups in total. The van der Waals surface area contributed by atoms with Crippen molar-refractivity contribution >= 4 is 23.4 Å². The second-order valence-corrected chi connectivity index (χ2v) is 6.53. The third-order valence-corrected chi connectivity index (χ3v) is 4.43. The van der Waals surface area contributed by atoms with Gasteiger partial charge in [-0.25, -0.2) is 0 Å². The Morgan fingerprint density at radius 2 is 2.00 bits per heavy atom. The van der Waals surface area contributed by atoms with Crippen molar-refractivity contribution in [3.63, 3.8) is 0 Å². The number of aromatic nitrogens is 2. The van der Waals surface area contributed by atoms with Crippen molar-refractivity contribution in [1.29, 1.82) is 0 Å². The van der Waals surface area contributed by atoms with Gasteiger partial charge in [-0.05, 0) is 44.2 Å². The Morgan fingerprint density at radius 1 is 1.24 bits per heavy atom. The average Bonchev–Trinajstić information content (AvgIpc) is 3.24. The summed E-state index contributed by atoms with van der Waals surface area (Å²) in [5, 5.41) is 10.7. The summed E-state index contributed by atoms with van der Waals surface area (Å²) < 4.78 is 15.9. The van der Waals surface area contributed by atoms with Crippen LogP contribution in [0.1, 0.15) is 12.7 Å². The van der Waals surface area contributed by atoms with Crippen molar-refractivity contribution < 1.29 is 18.4 Å². The number of hydrogen-bond donors (Lipinski definition) is 1. The summed E-state index contributed by atoms with van der Waals surface area (Å²) in [4.78, 5) is 12.3. The van der Waals surface area contributed by atoms with Gasteiger partial charge in [0.25, 0.3) is 11.1 Å². The molecule has 0 saturated carbocycles. The SMILES string of the molecule is COc1ccc(NC(=O)[C@H](C)Sc2nnc(-c3ccoc3C)o2)cc1. The Kier molecular flexibility index (Phi) is 5.08. The van der Waals surface area contributed by atoms with Crippen molar-refractivity contribution in [2.24, 2.45) is 0 Å². The van der Waals surface area contributed by atoms with Crippen LogP contribution in [-0.4, -0.2) is 28.5 Å². The number of ether oxygens (including phenoxy) is 1. The average molecular weight is 359 g/mol. The molecule has 3 rings (SSSR count). The lowest BCUT2D eigenvalue weighted by atomic mass is 10.3. The fourth-order valence-corrected chi connectivity index (χ4v) is 2.78. The lowest BCUT2D eigenvalue weighted by Crippen LogP contribution is -2.22. The normalized spacial score (nSPS) is 12.0. The number of methoxy groups -OCH3 is 1. The molecule has 0 aliphatic heterocycles. The van der Waals surface area contributed by atoms with Crippen LogP contribution in [-0.2, 0) is 4.79 Å². The minimum absolute atomic E-state index is 0.158. The van der Waals surface area contributed by atoms with Crippen LogP contribution in [0.15, 0.2) is 50.7 Å². The number of hydrogen-bond acceptors (Lipinski definition) is 7. The number of benzene rings is 1. The third kappa shape index (κ3) is 4.03. The van der Waals surface area contributed by atoms with Crippen LogP contribution in [0.25, 0.3) is 11.5 Å². The summed E-state index contributed by atoms with van der Waals surface area (Å²) >= 11 is 1.19. The van der Waals surface area contributed by atoms with E-state index < -0.39 is 5.25 Å². The van der Waals surface area contributed by atoms with Gasteiger partial charge in [0.15, 0.2) is 0 Å². The predicted molar refractivity (Wildman–Crippen MR) is 93.7 cm³/mol. The van der Waals surface area contributed by atoms with Gasteiger partial charge < -0.3 is 18.9 Å². The van der Waals surface area contributed by atoms with Crippen LogP contribution < -0.4 is 10.1 Å². The first-order valence-corrected chi connectivity index (χ1v) is 8.44. The van der Waals surface area contributed by atoms with Crippen LogP contribution in [0, 0.1) is 6.92 Å². The summed E-state index contributed by atoms with van der Waals surface area (Å²) in [7, 11) is 1.59. The Bertz CT molecular complexity index is 857. The molecule has 3 aromatic rings. The number of nitrogens with zero attached hydrogens (tertiary/aromatic N) is 2. The number of furan rings is 1. The molecule has 130 valence electrons. The number of amides is 1. The summed E-state index contributed by atoms with van der Waals surface area (Å²) in [6.07, 6.45) is 1.56. The van der Waals surface area contributed by atoms with Crippen molar-refractivity contribution in [2.45, 2.75) is 24.3 Å². The molecular formula is C17H17N3O4S. The molecule has 2 heterocycles. The van der Waals surface area contributed by atoms with Gasteiger partial charge in [0.2, 0.25) is 5.91 Å². The summed E-state index contributed by atoms with van der Waals surface area (Å²) in [5.41, 5.74) is 1.44. The zero-order chi connectivity index (χ0) is 17.8. The number of nitrogens with one attached hydrogen (secondary N) is 1. The maximum Gasteiger partial charge on any atom is 0.277 e. The second-order valence-electron chi connectivity index (χ2n) is 5.24. The zero-order valence-electron chi connectivity index (χ0n) is 14.0. The van der Waals surface area contributed by atoms with Crippen LogP contribution in [0.5, 0.6) is 5.75 Å². The number of aryl methyl sites for hydroxylation is 1. The van der Waals surface area contributed by atoms with E-state index >= 15 is 0 Å². The van der Waals surface area contributed by atoms with Gasteiger partial charge in [-0.2, -0.15) is 0 Å². The zero-order valence-corrected chi connectivity index (χ0v) is 14.8. The lowest BCUT2D eigenvalue weighted by molar-refractivity contribution is -0.115. The summed E-state index contributed by atoms with van der Waals surface area (Å²) in [6.45, 7) is 3.59. The van der Waals surface area contributed by atoms with Crippen LogP contribution in [0.4, 0.5) is 5.69 Å². The maximum atomic E-state index is 12.3. The largest absolute Gasteiger partial charge is 0.497 e. The molecule has 0 saturated heterocycles. The number of rotatable bonds is 6. The molecule has 0 aliphatic carbocycles. The second kappa shape index (κ2) is 7.43. The molecule has 0 unspecified atom stereocenters. The highest BCUT2D eigenvalue weighted by atomic mass is 32.2. The first-order valence-electron chi connectivity index (χ1n) is 7.56. The van der Waals surface area contributed by atoms with E-state index in [0.29, 0.717) is 22.6 Å². The van der Waals surface area contributed by atoms with Crippen molar-refractivity contribution in [2.75, 3.05) is 12.4 Å². The maximum absolute atomic E-state index is 12.3. The Morgan fingerprint density at radius 3 is 2.64 bits per heavy atom. The van der Waals surface area contributed by atoms with Crippen LogP contribution in [0.3, 0.4) is 0 Å². The Balaban J connectivity index is 1.61. The van der Waals surface area contributed by atoms with Gasteiger partial charge in [0, 0.05) is 5.69 Å². The standard InChI is InChI=1S/C17H17N3O4S/c1-10-14(8-9-23-10)16-19-20-17(24-16)25-11(2)15(21)18-12-4-6-13(22-3)7-5-12/h4-9,11H,1-3H3,(H,18,21)/t11-/m0/s1. The minimum atomic E-state index is -0.402. The van der Waals surface area contributed by atoms with Gasteiger partial charge in [0.05, 0.1) is 24.2 Å². The van der Waals surface area contributed by atoms with Crippen molar-refractivity contribution in [3.8, 4) is 17.2 Å². The number of carbonyl (C=O) groups excluding carboxylic acids is 1. The Hall–Kier alpha value is -2.74. The van der Waals surface area contributed by atoms with Crippen LogP contribution >= 0.6 is 11.8 Å². The van der Waals surface area contributed by atoms with Crippen LogP contribution in [0.2, 0.25) is 0 Å². The summed E-state index contributed by atoms with van der Waals surface area (Å²) in [6, 6.07) is 8.88. The van der Waals surface area contributed by atoms with E-state index in [1.54, 1.807) is 50.6 Å². The van der Waals surface area contributed by atoms with E-state index in [2.05, 4.69) is 15.5 Å². The highest BCUT2D eigenvalue weighted by Crippen LogP contribution is 2.28. The molecule has 0 aliphatic rings. The smallest absolute Gasteiger partial charge is 0.277 e. The van der Waals surface area contributed by atoms with Crippen molar-refractivity contribution in [3.05, 3.63) is 42.4 Å². The van der Waals surface area contributed by atoms with Gasteiger partial charge >= 0.3 is 0 Å².